The van der Waals surface area contributed by atoms with Crippen molar-refractivity contribution in [3.63, 3.8) is 0 Å². The van der Waals surface area contributed by atoms with Crippen LogP contribution in [0.3, 0.4) is 0 Å². The maximum atomic E-state index is 6.05. The molecule has 1 saturated heterocycles. The maximum Gasteiger partial charge on any atom is 0.0608 e. The normalized spacial score (nSPS) is 16.6. The van der Waals surface area contributed by atoms with Gasteiger partial charge in [-0.1, -0.05) is 17.7 Å². The molecule has 2 rings (SSSR count). The maximum absolute atomic E-state index is 6.05. The summed E-state index contributed by atoms with van der Waals surface area (Å²) < 4.78 is 5.10. The fraction of sp³-hybridized carbons (Fsp3) is 0.400. The molecule has 1 heterocycles. The SMILES string of the molecule is Nc1cccc(Cl)c1CSC1COC1. The van der Waals surface area contributed by atoms with Crippen LogP contribution in [0.5, 0.6) is 0 Å². The largest absolute Gasteiger partial charge is 0.398 e. The van der Waals surface area contributed by atoms with Gasteiger partial charge in [-0.05, 0) is 12.1 Å². The summed E-state index contributed by atoms with van der Waals surface area (Å²) >= 11 is 7.90. The Labute approximate surface area is 92.8 Å². The fourth-order valence-electron chi connectivity index (χ4n) is 1.24. The van der Waals surface area contributed by atoms with Crippen molar-refractivity contribution >= 4 is 29.1 Å². The van der Waals surface area contributed by atoms with E-state index in [0.717, 1.165) is 35.2 Å². The van der Waals surface area contributed by atoms with E-state index in [1.807, 2.05) is 30.0 Å². The summed E-state index contributed by atoms with van der Waals surface area (Å²) in [7, 11) is 0. The van der Waals surface area contributed by atoms with Gasteiger partial charge < -0.3 is 10.5 Å². The lowest BCUT2D eigenvalue weighted by Gasteiger charge is -2.25. The third-order valence-electron chi connectivity index (χ3n) is 2.23. The number of halogens is 1. The molecule has 1 fully saturated rings. The molecule has 0 bridgehead atoms. The van der Waals surface area contributed by atoms with Crippen molar-refractivity contribution in [3.8, 4) is 0 Å². The Bertz CT molecular complexity index is 308. The molecule has 4 heteroatoms. The zero-order valence-electron chi connectivity index (χ0n) is 7.70. The van der Waals surface area contributed by atoms with Gasteiger partial charge in [0.25, 0.3) is 0 Å². The first-order valence-electron chi connectivity index (χ1n) is 4.49. The molecule has 1 aromatic carbocycles. The molecule has 1 aliphatic heterocycles. The monoisotopic (exact) mass is 229 g/mol. The topological polar surface area (TPSA) is 35.2 Å². The minimum absolute atomic E-state index is 0.616. The Morgan fingerprint density at radius 2 is 2.29 bits per heavy atom. The average molecular weight is 230 g/mol. The Morgan fingerprint density at radius 1 is 1.50 bits per heavy atom. The average Bonchev–Trinajstić information content (AvgIpc) is 2.07. The molecule has 14 heavy (non-hydrogen) atoms. The first-order chi connectivity index (χ1) is 6.77. The van der Waals surface area contributed by atoms with E-state index in [9.17, 15) is 0 Å². The van der Waals surface area contributed by atoms with E-state index < -0.39 is 0 Å². The molecule has 0 atom stereocenters. The Kier molecular flexibility index (Phi) is 3.21. The van der Waals surface area contributed by atoms with Crippen LogP contribution in [-0.2, 0) is 10.5 Å². The van der Waals surface area contributed by atoms with E-state index in [2.05, 4.69) is 0 Å². The van der Waals surface area contributed by atoms with Gasteiger partial charge >= 0.3 is 0 Å². The number of anilines is 1. The van der Waals surface area contributed by atoms with E-state index >= 15 is 0 Å². The van der Waals surface area contributed by atoms with Crippen molar-refractivity contribution in [2.75, 3.05) is 18.9 Å². The second-order valence-electron chi connectivity index (χ2n) is 3.28. The van der Waals surface area contributed by atoms with Crippen LogP contribution in [0.4, 0.5) is 5.69 Å². The van der Waals surface area contributed by atoms with E-state index in [0.29, 0.717) is 5.25 Å². The summed E-state index contributed by atoms with van der Waals surface area (Å²) in [4.78, 5) is 0. The van der Waals surface area contributed by atoms with Gasteiger partial charge in [-0.25, -0.2) is 0 Å². The van der Waals surface area contributed by atoms with Crippen molar-refractivity contribution in [1.82, 2.24) is 0 Å². The molecule has 0 radical (unpaired) electrons. The van der Waals surface area contributed by atoms with Gasteiger partial charge in [0.15, 0.2) is 0 Å². The summed E-state index contributed by atoms with van der Waals surface area (Å²) in [6.07, 6.45) is 0. The number of hydrogen-bond donors (Lipinski definition) is 1. The molecule has 1 aliphatic rings. The van der Waals surface area contributed by atoms with Crippen LogP contribution < -0.4 is 5.73 Å². The Morgan fingerprint density at radius 3 is 2.86 bits per heavy atom. The van der Waals surface area contributed by atoms with Crippen LogP contribution in [0.25, 0.3) is 0 Å². The molecule has 1 aromatic rings. The molecule has 0 saturated carbocycles. The highest BCUT2D eigenvalue weighted by atomic mass is 35.5. The second kappa shape index (κ2) is 4.43. The highest BCUT2D eigenvalue weighted by Gasteiger charge is 2.19. The molecule has 2 N–H and O–H groups in total. The summed E-state index contributed by atoms with van der Waals surface area (Å²) in [6, 6.07) is 5.64. The Hall–Kier alpha value is -0.380. The standard InChI is InChI=1S/C10H12ClNOS/c11-9-2-1-3-10(12)8(9)6-14-7-4-13-5-7/h1-3,7H,4-6,12H2. The minimum atomic E-state index is 0.616. The molecular weight excluding hydrogens is 218 g/mol. The van der Waals surface area contributed by atoms with Crippen molar-refractivity contribution in [2.24, 2.45) is 0 Å². The predicted molar refractivity (Wildman–Crippen MR) is 61.8 cm³/mol. The van der Waals surface area contributed by atoms with Crippen molar-refractivity contribution in [3.05, 3.63) is 28.8 Å². The molecule has 0 aromatic heterocycles. The van der Waals surface area contributed by atoms with Gasteiger partial charge in [0.05, 0.1) is 18.5 Å². The van der Waals surface area contributed by atoms with Crippen LogP contribution in [0.2, 0.25) is 5.02 Å². The quantitative estimate of drug-likeness (QED) is 0.810. The van der Waals surface area contributed by atoms with Gasteiger partial charge in [0, 0.05) is 22.0 Å². The lowest BCUT2D eigenvalue weighted by molar-refractivity contribution is 0.0455. The van der Waals surface area contributed by atoms with Crippen LogP contribution in [0, 0.1) is 0 Å². The summed E-state index contributed by atoms with van der Waals surface area (Å²) in [5.74, 6) is 0.875. The van der Waals surface area contributed by atoms with Gasteiger partial charge in [-0.2, -0.15) is 0 Å². The molecule has 76 valence electrons. The Balaban J connectivity index is 2.00. The van der Waals surface area contributed by atoms with E-state index in [1.54, 1.807) is 0 Å². The number of thioether (sulfide) groups is 1. The number of nitrogens with two attached hydrogens (primary N) is 1. The minimum Gasteiger partial charge on any atom is -0.398 e. The highest BCUT2D eigenvalue weighted by molar-refractivity contribution is 7.99. The number of ether oxygens (including phenoxy) is 1. The third-order valence-corrected chi connectivity index (χ3v) is 3.78. The smallest absolute Gasteiger partial charge is 0.0608 e. The first kappa shape index (κ1) is 10.1. The molecule has 0 aliphatic carbocycles. The molecule has 0 amide bonds. The molecule has 0 unspecified atom stereocenters. The van der Waals surface area contributed by atoms with Crippen molar-refractivity contribution in [2.45, 2.75) is 11.0 Å². The van der Waals surface area contributed by atoms with Crippen LogP contribution in [-0.4, -0.2) is 18.5 Å². The summed E-state index contributed by atoms with van der Waals surface area (Å²) in [5, 5.41) is 1.38. The predicted octanol–water partition coefficient (Wildman–Crippen LogP) is 2.55. The number of benzene rings is 1. The third kappa shape index (κ3) is 2.16. The van der Waals surface area contributed by atoms with Gasteiger partial charge in [-0.15, -0.1) is 11.8 Å². The van der Waals surface area contributed by atoms with Gasteiger partial charge in [-0.3, -0.25) is 0 Å². The van der Waals surface area contributed by atoms with Crippen molar-refractivity contribution < 1.29 is 4.74 Å². The molecule has 2 nitrogen and oxygen atoms in total. The first-order valence-corrected chi connectivity index (χ1v) is 5.92. The van der Waals surface area contributed by atoms with E-state index in [1.165, 1.54) is 0 Å². The van der Waals surface area contributed by atoms with E-state index in [-0.39, 0.29) is 0 Å². The van der Waals surface area contributed by atoms with Crippen molar-refractivity contribution in [1.29, 1.82) is 0 Å². The fourth-order valence-corrected chi connectivity index (χ4v) is 2.68. The highest BCUT2D eigenvalue weighted by Crippen LogP contribution is 2.30. The number of rotatable bonds is 3. The lowest BCUT2D eigenvalue weighted by Crippen LogP contribution is -2.30. The lowest BCUT2D eigenvalue weighted by atomic mass is 10.2. The second-order valence-corrected chi connectivity index (χ2v) is 4.97. The van der Waals surface area contributed by atoms with Crippen LogP contribution >= 0.6 is 23.4 Å². The van der Waals surface area contributed by atoms with Crippen LogP contribution in [0.15, 0.2) is 18.2 Å². The number of hydrogen-bond acceptors (Lipinski definition) is 3. The zero-order chi connectivity index (χ0) is 9.97. The summed E-state index contributed by atoms with van der Waals surface area (Å²) in [5.41, 5.74) is 7.67. The number of nitrogen functional groups attached to an aromatic ring is 1. The molecular formula is C10H12ClNOS. The van der Waals surface area contributed by atoms with E-state index in [4.69, 9.17) is 22.1 Å². The van der Waals surface area contributed by atoms with Gasteiger partial charge in [0.2, 0.25) is 0 Å². The van der Waals surface area contributed by atoms with Gasteiger partial charge in [0.1, 0.15) is 0 Å². The molecule has 0 spiro atoms. The zero-order valence-corrected chi connectivity index (χ0v) is 9.27. The summed E-state index contributed by atoms with van der Waals surface area (Å²) in [6.45, 7) is 1.71. The van der Waals surface area contributed by atoms with Crippen LogP contribution in [0.1, 0.15) is 5.56 Å².